The van der Waals surface area contributed by atoms with Crippen LogP contribution in [0.5, 0.6) is 0 Å². The lowest BCUT2D eigenvalue weighted by Crippen LogP contribution is -2.39. The van der Waals surface area contributed by atoms with Gasteiger partial charge in [-0.05, 0) is 55.2 Å². The second-order valence-corrected chi connectivity index (χ2v) is 8.90. The molecule has 0 atom stereocenters. The number of aliphatic hydroxyl groups is 1. The number of carbonyl (C=O) groups excluding carboxylic acids is 1. The highest BCUT2D eigenvalue weighted by molar-refractivity contribution is 6.30. The molecule has 36 heavy (non-hydrogen) atoms. The first-order valence-corrected chi connectivity index (χ1v) is 11.8. The molecule has 3 aromatic rings. The number of carbonyl (C=O) groups is 1. The zero-order valence-electron chi connectivity index (χ0n) is 19.2. The Bertz CT molecular complexity index is 1180. The Morgan fingerprint density at radius 1 is 1.14 bits per heavy atom. The monoisotopic (exact) mass is 519 g/mol. The third kappa shape index (κ3) is 6.06. The second-order valence-electron chi connectivity index (χ2n) is 8.46. The van der Waals surface area contributed by atoms with Crippen molar-refractivity contribution in [1.29, 1.82) is 0 Å². The van der Waals surface area contributed by atoms with Gasteiger partial charge in [0.15, 0.2) is 0 Å². The average molecular weight is 520 g/mol. The Balaban J connectivity index is 1.48. The fraction of sp³-hybridized carbons (Fsp3) is 0.320. The number of alkyl halides is 3. The van der Waals surface area contributed by atoms with Crippen LogP contribution in [0.25, 0.3) is 0 Å². The van der Waals surface area contributed by atoms with Gasteiger partial charge in [-0.15, -0.1) is 0 Å². The Morgan fingerprint density at radius 3 is 2.56 bits per heavy atom. The van der Waals surface area contributed by atoms with Crippen LogP contribution in [0.4, 0.5) is 36.1 Å². The van der Waals surface area contributed by atoms with Crippen LogP contribution in [-0.4, -0.2) is 46.8 Å². The minimum Gasteiger partial charge on any atom is -0.390 e. The quantitative estimate of drug-likeness (QED) is 0.448. The maximum absolute atomic E-state index is 13.5. The summed E-state index contributed by atoms with van der Waals surface area (Å²) in [6, 6.07) is 12.8. The van der Waals surface area contributed by atoms with E-state index in [9.17, 15) is 23.1 Å². The van der Waals surface area contributed by atoms with Gasteiger partial charge in [-0.1, -0.05) is 23.7 Å². The van der Waals surface area contributed by atoms with Crippen molar-refractivity contribution >= 4 is 40.4 Å². The first-order chi connectivity index (χ1) is 17.3. The lowest BCUT2D eigenvalue weighted by atomic mass is 9.96. The summed E-state index contributed by atoms with van der Waals surface area (Å²) in [5.41, 5.74) is 2.07. The number of hydrogen-bond donors (Lipinski definition) is 2. The zero-order chi connectivity index (χ0) is 25.7. The van der Waals surface area contributed by atoms with Gasteiger partial charge in [0.1, 0.15) is 5.82 Å². The van der Waals surface area contributed by atoms with Crippen LogP contribution >= 0.6 is 11.6 Å². The van der Waals surface area contributed by atoms with Crippen LogP contribution in [-0.2, 0) is 11.4 Å². The van der Waals surface area contributed by atoms with E-state index in [0.29, 0.717) is 22.8 Å². The molecule has 1 aliphatic rings. The summed E-state index contributed by atoms with van der Waals surface area (Å²) in [4.78, 5) is 23.2. The molecule has 11 heteroatoms. The molecule has 0 radical (unpaired) electrons. The van der Waals surface area contributed by atoms with Crippen LogP contribution in [0.15, 0.2) is 60.9 Å². The zero-order valence-corrected chi connectivity index (χ0v) is 20.0. The fourth-order valence-electron chi connectivity index (χ4n) is 4.18. The number of piperidine rings is 1. The number of anilines is 4. The molecular formula is C25H25ClF3N5O2. The van der Waals surface area contributed by atoms with Crippen molar-refractivity contribution in [1.82, 2.24) is 9.97 Å². The van der Waals surface area contributed by atoms with Gasteiger partial charge in [0.05, 0.1) is 28.7 Å². The first-order valence-electron chi connectivity index (χ1n) is 11.4. The van der Waals surface area contributed by atoms with Crippen molar-refractivity contribution in [2.45, 2.75) is 25.6 Å². The molecule has 1 aromatic carbocycles. The third-order valence-corrected chi connectivity index (χ3v) is 6.28. The summed E-state index contributed by atoms with van der Waals surface area (Å²) in [6.07, 6.45) is -0.478. The lowest BCUT2D eigenvalue weighted by molar-refractivity contribution is -0.169. The van der Waals surface area contributed by atoms with E-state index in [2.05, 4.69) is 20.2 Å². The number of amides is 1. The molecule has 0 unspecified atom stereocenters. The highest BCUT2D eigenvalue weighted by Gasteiger charge is 2.44. The van der Waals surface area contributed by atoms with Gasteiger partial charge in [0.25, 0.3) is 0 Å². The van der Waals surface area contributed by atoms with Gasteiger partial charge in [0.2, 0.25) is 0 Å². The predicted molar refractivity (Wildman–Crippen MR) is 132 cm³/mol. The van der Waals surface area contributed by atoms with Crippen molar-refractivity contribution in [2.24, 2.45) is 5.92 Å². The molecular weight excluding hydrogens is 495 g/mol. The number of pyridine rings is 2. The van der Waals surface area contributed by atoms with Crippen molar-refractivity contribution in [2.75, 3.05) is 34.8 Å². The van der Waals surface area contributed by atoms with Crippen LogP contribution in [0.2, 0.25) is 5.02 Å². The molecule has 0 bridgehead atoms. The average Bonchev–Trinajstić information content (AvgIpc) is 2.89. The van der Waals surface area contributed by atoms with Crippen LogP contribution < -0.4 is 15.1 Å². The highest BCUT2D eigenvalue weighted by atomic mass is 35.5. The maximum Gasteiger partial charge on any atom is 0.472 e. The molecule has 0 saturated carbocycles. The summed E-state index contributed by atoms with van der Waals surface area (Å²) in [6.45, 7) is 2.02. The van der Waals surface area contributed by atoms with E-state index in [1.807, 2.05) is 12.1 Å². The molecule has 0 spiro atoms. The van der Waals surface area contributed by atoms with E-state index in [4.69, 9.17) is 11.6 Å². The van der Waals surface area contributed by atoms with Gasteiger partial charge < -0.3 is 15.3 Å². The van der Waals surface area contributed by atoms with Crippen molar-refractivity contribution < 1.29 is 23.1 Å². The molecule has 2 N–H and O–H groups in total. The normalized spacial score (nSPS) is 14.5. The number of hydrogen-bond acceptors (Lipinski definition) is 6. The number of nitrogens with one attached hydrogen (secondary N) is 1. The predicted octanol–water partition coefficient (Wildman–Crippen LogP) is 5.18. The van der Waals surface area contributed by atoms with E-state index in [0.717, 1.165) is 31.6 Å². The number of aromatic nitrogens is 2. The number of para-hydroxylation sites is 2. The minimum atomic E-state index is -5.09. The summed E-state index contributed by atoms with van der Waals surface area (Å²) in [5, 5.41) is 12.8. The molecule has 2 aromatic heterocycles. The number of halogens is 4. The minimum absolute atomic E-state index is 0.0559. The number of rotatable bonds is 7. The summed E-state index contributed by atoms with van der Waals surface area (Å²) >= 11 is 5.85. The molecule has 7 nitrogen and oxygen atoms in total. The largest absolute Gasteiger partial charge is 0.472 e. The lowest BCUT2D eigenvalue weighted by Gasteiger charge is -2.34. The van der Waals surface area contributed by atoms with Crippen LogP contribution in [0.3, 0.4) is 0 Å². The van der Waals surface area contributed by atoms with Gasteiger partial charge in [-0.25, -0.2) is 4.98 Å². The van der Waals surface area contributed by atoms with Crippen LogP contribution in [0.1, 0.15) is 18.5 Å². The first kappa shape index (κ1) is 25.7. The topological polar surface area (TPSA) is 81.6 Å². The van der Waals surface area contributed by atoms with E-state index in [1.54, 1.807) is 24.4 Å². The van der Waals surface area contributed by atoms with Gasteiger partial charge in [0, 0.05) is 37.7 Å². The Morgan fingerprint density at radius 2 is 1.89 bits per heavy atom. The Labute approximate surface area is 211 Å². The molecule has 1 saturated heterocycles. The van der Waals surface area contributed by atoms with E-state index < -0.39 is 12.1 Å². The summed E-state index contributed by atoms with van der Waals surface area (Å²) in [5.74, 6) is -1.93. The summed E-state index contributed by atoms with van der Waals surface area (Å²) < 4.78 is 40.5. The second kappa shape index (κ2) is 11.1. The molecule has 1 fully saturated rings. The van der Waals surface area contributed by atoms with Crippen LogP contribution in [0, 0.1) is 5.92 Å². The molecule has 0 aliphatic carbocycles. The van der Waals surface area contributed by atoms with Gasteiger partial charge in [-0.2, -0.15) is 13.2 Å². The van der Waals surface area contributed by atoms with Crippen molar-refractivity contribution in [3.63, 3.8) is 0 Å². The molecule has 3 heterocycles. The van der Waals surface area contributed by atoms with Crippen molar-refractivity contribution in [3.05, 3.63) is 71.6 Å². The molecule has 4 rings (SSSR count). The smallest absolute Gasteiger partial charge is 0.390 e. The van der Waals surface area contributed by atoms with E-state index >= 15 is 0 Å². The van der Waals surface area contributed by atoms with Gasteiger partial charge >= 0.3 is 12.1 Å². The molecule has 1 aliphatic heterocycles. The Kier molecular flexibility index (Phi) is 7.95. The standard InChI is InChI=1S/C25H25ClF3N5O2/c26-18-5-6-23(32-15-18)34(24(36)25(27,28)29)22-4-2-1-3-21(22)31-14-17-8-11-33(12-9-17)20-7-10-30-19(13-20)16-35/h1-7,10,13,15,17,31,35H,8-9,11-12,14,16H2. The SMILES string of the molecule is O=C(N(c1ccc(Cl)cn1)c1ccccc1NCC1CCN(c2ccnc(CO)c2)CC1)C(F)(F)F. The van der Waals surface area contributed by atoms with E-state index in [-0.39, 0.29) is 29.1 Å². The fourth-order valence-corrected chi connectivity index (χ4v) is 4.29. The van der Waals surface area contributed by atoms with Crippen molar-refractivity contribution in [3.8, 4) is 0 Å². The van der Waals surface area contributed by atoms with E-state index in [1.165, 1.54) is 24.4 Å². The Hall–Kier alpha value is -3.37. The highest BCUT2D eigenvalue weighted by Crippen LogP contribution is 2.35. The number of aliphatic hydroxyl groups excluding tert-OH is 1. The molecule has 190 valence electrons. The maximum atomic E-state index is 13.5. The van der Waals surface area contributed by atoms with Gasteiger partial charge in [-0.3, -0.25) is 14.7 Å². The number of nitrogens with zero attached hydrogens (tertiary/aromatic N) is 4. The third-order valence-electron chi connectivity index (χ3n) is 6.05. The number of benzene rings is 1. The molecule has 1 amide bonds. The summed E-state index contributed by atoms with van der Waals surface area (Å²) in [7, 11) is 0.